The van der Waals surface area contributed by atoms with Crippen LogP contribution >= 0.6 is 11.6 Å². The first-order valence-electron chi connectivity index (χ1n) is 8.10. The standard InChI is InChI=1S/C17H22ClNO5S/c1-11(2)16(12-3-5-13(18)6-4-12)17(21)24-9-15(20)19-14-7-8-25(22,23)10-14/h3-6,11,14,16H,7-10H2,1-2H3,(H,19,20)/t14-,16-/m0/s1. The SMILES string of the molecule is CC(C)[C@H](C(=O)OCC(=O)N[C@H]1CCS(=O)(=O)C1)c1ccc(Cl)cc1. The van der Waals surface area contributed by atoms with Crippen molar-refractivity contribution in [2.75, 3.05) is 18.1 Å². The molecule has 6 nitrogen and oxygen atoms in total. The number of sulfone groups is 1. The lowest BCUT2D eigenvalue weighted by molar-refractivity contribution is -0.151. The van der Waals surface area contributed by atoms with Gasteiger partial charge in [-0.1, -0.05) is 37.6 Å². The smallest absolute Gasteiger partial charge is 0.314 e. The van der Waals surface area contributed by atoms with Crippen molar-refractivity contribution >= 4 is 33.3 Å². The molecule has 1 aromatic rings. The number of carbonyl (C=O) groups excluding carboxylic acids is 2. The van der Waals surface area contributed by atoms with Gasteiger partial charge < -0.3 is 10.1 Å². The Morgan fingerprint density at radius 1 is 1.28 bits per heavy atom. The number of nitrogens with one attached hydrogen (secondary N) is 1. The second-order valence-electron chi connectivity index (χ2n) is 6.55. The number of esters is 1. The van der Waals surface area contributed by atoms with Crippen LogP contribution in [0.1, 0.15) is 31.7 Å². The summed E-state index contributed by atoms with van der Waals surface area (Å²) in [5.41, 5.74) is 0.770. The van der Waals surface area contributed by atoms with Crippen molar-refractivity contribution in [2.45, 2.75) is 32.2 Å². The molecule has 1 saturated heterocycles. The zero-order chi connectivity index (χ0) is 18.6. The van der Waals surface area contributed by atoms with Gasteiger partial charge in [-0.25, -0.2) is 8.42 Å². The Hall–Kier alpha value is -1.60. The maximum Gasteiger partial charge on any atom is 0.314 e. The first-order chi connectivity index (χ1) is 11.7. The zero-order valence-electron chi connectivity index (χ0n) is 14.2. The molecule has 138 valence electrons. The Bertz CT molecular complexity index is 730. The molecule has 0 spiro atoms. The molecule has 0 aromatic heterocycles. The number of benzene rings is 1. The van der Waals surface area contributed by atoms with E-state index in [4.69, 9.17) is 16.3 Å². The van der Waals surface area contributed by atoms with Crippen molar-refractivity contribution in [3.05, 3.63) is 34.9 Å². The summed E-state index contributed by atoms with van der Waals surface area (Å²) in [6.45, 7) is 3.36. The fourth-order valence-electron chi connectivity index (χ4n) is 2.87. The monoisotopic (exact) mass is 387 g/mol. The predicted molar refractivity (Wildman–Crippen MR) is 95.2 cm³/mol. The second-order valence-corrected chi connectivity index (χ2v) is 9.21. The summed E-state index contributed by atoms with van der Waals surface area (Å²) in [5, 5.41) is 3.17. The number of halogens is 1. The molecule has 2 rings (SSSR count). The Labute approximate surface area is 152 Å². The van der Waals surface area contributed by atoms with Crippen molar-refractivity contribution in [2.24, 2.45) is 5.92 Å². The van der Waals surface area contributed by atoms with Gasteiger partial charge in [0.15, 0.2) is 16.4 Å². The molecule has 0 radical (unpaired) electrons. The molecule has 8 heteroatoms. The van der Waals surface area contributed by atoms with E-state index < -0.39 is 40.3 Å². The van der Waals surface area contributed by atoms with Crippen molar-refractivity contribution in [3.8, 4) is 0 Å². The molecule has 1 fully saturated rings. The van der Waals surface area contributed by atoms with E-state index >= 15 is 0 Å². The number of hydrogen-bond donors (Lipinski definition) is 1. The number of rotatable bonds is 6. The van der Waals surface area contributed by atoms with Gasteiger partial charge in [-0.3, -0.25) is 9.59 Å². The predicted octanol–water partition coefficient (Wildman–Crippen LogP) is 1.93. The lowest BCUT2D eigenvalue weighted by Crippen LogP contribution is -2.38. The topological polar surface area (TPSA) is 89.5 Å². The van der Waals surface area contributed by atoms with Gasteiger partial charge in [0, 0.05) is 11.1 Å². The third-order valence-corrected chi connectivity index (χ3v) is 6.11. The van der Waals surface area contributed by atoms with Gasteiger partial charge in [-0.15, -0.1) is 0 Å². The molecular weight excluding hydrogens is 366 g/mol. The average Bonchev–Trinajstić information content (AvgIpc) is 2.86. The quantitative estimate of drug-likeness (QED) is 0.753. The van der Waals surface area contributed by atoms with Gasteiger partial charge in [-0.05, 0) is 30.0 Å². The van der Waals surface area contributed by atoms with Crippen LogP contribution in [0.5, 0.6) is 0 Å². The zero-order valence-corrected chi connectivity index (χ0v) is 15.8. The molecule has 1 N–H and O–H groups in total. The van der Waals surface area contributed by atoms with Crippen LogP contribution in [0, 0.1) is 5.92 Å². The highest BCUT2D eigenvalue weighted by Crippen LogP contribution is 2.27. The van der Waals surface area contributed by atoms with Gasteiger partial charge in [-0.2, -0.15) is 0 Å². The van der Waals surface area contributed by atoms with E-state index in [1.807, 2.05) is 13.8 Å². The summed E-state index contributed by atoms with van der Waals surface area (Å²) in [6, 6.07) is 6.52. The third-order valence-electron chi connectivity index (χ3n) is 4.09. The van der Waals surface area contributed by atoms with Crippen LogP contribution in [0.15, 0.2) is 24.3 Å². The second kappa shape index (κ2) is 8.19. The molecule has 1 aromatic carbocycles. The summed E-state index contributed by atoms with van der Waals surface area (Å²) in [5.74, 6) is -1.50. The summed E-state index contributed by atoms with van der Waals surface area (Å²) >= 11 is 5.87. The number of carbonyl (C=O) groups is 2. The Morgan fingerprint density at radius 2 is 1.92 bits per heavy atom. The van der Waals surface area contributed by atoms with E-state index in [-0.39, 0.29) is 17.4 Å². The molecule has 1 heterocycles. The highest BCUT2D eigenvalue weighted by atomic mass is 35.5. The fraction of sp³-hybridized carbons (Fsp3) is 0.529. The molecule has 2 atom stereocenters. The Morgan fingerprint density at radius 3 is 2.44 bits per heavy atom. The fourth-order valence-corrected chi connectivity index (χ4v) is 4.67. The molecule has 1 amide bonds. The summed E-state index contributed by atoms with van der Waals surface area (Å²) in [6.07, 6.45) is 0.390. The van der Waals surface area contributed by atoms with Crippen molar-refractivity contribution < 1.29 is 22.7 Å². The summed E-state index contributed by atoms with van der Waals surface area (Å²) in [4.78, 5) is 24.3. The van der Waals surface area contributed by atoms with E-state index in [0.29, 0.717) is 11.4 Å². The van der Waals surface area contributed by atoms with Crippen LogP contribution in [0.3, 0.4) is 0 Å². The van der Waals surface area contributed by atoms with E-state index in [9.17, 15) is 18.0 Å². The van der Waals surface area contributed by atoms with Crippen LogP contribution in [-0.4, -0.2) is 44.4 Å². The average molecular weight is 388 g/mol. The molecule has 0 bridgehead atoms. The maximum atomic E-state index is 12.4. The molecule has 1 aliphatic heterocycles. The lowest BCUT2D eigenvalue weighted by Gasteiger charge is -2.20. The van der Waals surface area contributed by atoms with Gasteiger partial charge in [0.1, 0.15) is 0 Å². The summed E-state index contributed by atoms with van der Waals surface area (Å²) in [7, 11) is -3.07. The van der Waals surface area contributed by atoms with Crippen molar-refractivity contribution in [1.29, 1.82) is 0 Å². The van der Waals surface area contributed by atoms with Crippen molar-refractivity contribution in [3.63, 3.8) is 0 Å². The van der Waals surface area contributed by atoms with E-state index in [1.54, 1.807) is 24.3 Å². The normalized spacial score (nSPS) is 20.2. The third kappa shape index (κ3) is 5.71. The molecule has 1 aliphatic rings. The van der Waals surface area contributed by atoms with Gasteiger partial charge in [0.25, 0.3) is 5.91 Å². The highest BCUT2D eigenvalue weighted by molar-refractivity contribution is 7.91. The Kier molecular flexibility index (Phi) is 6.46. The lowest BCUT2D eigenvalue weighted by atomic mass is 9.88. The number of amides is 1. The van der Waals surface area contributed by atoms with Crippen LogP contribution < -0.4 is 5.32 Å². The first kappa shape index (κ1) is 19.7. The van der Waals surface area contributed by atoms with Crippen LogP contribution in [0.25, 0.3) is 0 Å². The van der Waals surface area contributed by atoms with Crippen LogP contribution in [0.4, 0.5) is 0 Å². The van der Waals surface area contributed by atoms with Crippen LogP contribution in [-0.2, 0) is 24.2 Å². The molecule has 0 saturated carbocycles. The van der Waals surface area contributed by atoms with Crippen LogP contribution in [0.2, 0.25) is 5.02 Å². The molecule has 0 unspecified atom stereocenters. The molecular formula is C17H22ClNO5S. The van der Waals surface area contributed by atoms with Crippen molar-refractivity contribution in [1.82, 2.24) is 5.32 Å². The van der Waals surface area contributed by atoms with Gasteiger partial charge in [0.2, 0.25) is 0 Å². The molecule has 0 aliphatic carbocycles. The number of hydrogen-bond acceptors (Lipinski definition) is 5. The highest BCUT2D eigenvalue weighted by Gasteiger charge is 2.30. The Balaban J connectivity index is 1.90. The van der Waals surface area contributed by atoms with E-state index in [2.05, 4.69) is 5.32 Å². The minimum absolute atomic E-state index is 0.0169. The maximum absolute atomic E-state index is 12.4. The van der Waals surface area contributed by atoms with Gasteiger partial charge in [0.05, 0.1) is 17.4 Å². The van der Waals surface area contributed by atoms with E-state index in [1.165, 1.54) is 0 Å². The first-order valence-corrected chi connectivity index (χ1v) is 10.3. The molecule has 25 heavy (non-hydrogen) atoms. The number of ether oxygens (including phenoxy) is 1. The largest absolute Gasteiger partial charge is 0.455 e. The minimum atomic E-state index is -3.07. The van der Waals surface area contributed by atoms with E-state index in [0.717, 1.165) is 5.56 Å². The van der Waals surface area contributed by atoms with Gasteiger partial charge >= 0.3 is 5.97 Å². The minimum Gasteiger partial charge on any atom is -0.455 e. The summed E-state index contributed by atoms with van der Waals surface area (Å²) < 4.78 is 27.9.